The van der Waals surface area contributed by atoms with Crippen LogP contribution in [0.2, 0.25) is 34.8 Å². The molecule has 60 heavy (non-hydrogen) atoms. The Kier molecular flexibility index (Phi) is 19.5. The molecule has 0 amide bonds. The summed E-state index contributed by atoms with van der Waals surface area (Å²) in [6.07, 6.45) is 12.7. The van der Waals surface area contributed by atoms with E-state index in [1.54, 1.807) is 60.7 Å². The zero-order valence-corrected chi connectivity index (χ0v) is 42.1. The Morgan fingerprint density at radius 2 is 1.42 bits per heavy atom. The number of esters is 1. The molecule has 1 aliphatic heterocycles. The molecule has 3 rings (SSSR count). The Morgan fingerprint density at radius 1 is 0.850 bits per heavy atom. The quantitative estimate of drug-likeness (QED) is 0.0499. The highest BCUT2D eigenvalue weighted by Gasteiger charge is 2.46. The molecule has 0 N–H and O–H groups in total. The third-order valence-electron chi connectivity index (χ3n) is 12.3. The summed E-state index contributed by atoms with van der Waals surface area (Å²) in [5.41, 5.74) is 1.64. The lowest BCUT2D eigenvalue weighted by molar-refractivity contribution is -0.289. The highest BCUT2D eigenvalue weighted by Crippen LogP contribution is 2.43. The van der Waals surface area contributed by atoms with Gasteiger partial charge in [0.15, 0.2) is 23.9 Å². The van der Waals surface area contributed by atoms with E-state index in [4.69, 9.17) is 23.1 Å². The van der Waals surface area contributed by atoms with Gasteiger partial charge in [0, 0.05) is 12.5 Å². The molecule has 2 aromatic carbocycles. The van der Waals surface area contributed by atoms with E-state index in [9.17, 15) is 13.2 Å². The van der Waals surface area contributed by atoms with Crippen molar-refractivity contribution in [2.45, 2.75) is 190 Å². The van der Waals surface area contributed by atoms with Gasteiger partial charge in [0.1, 0.15) is 11.4 Å². The molecule has 2 unspecified atom stereocenters. The monoisotopic (exact) mass is 882 g/mol. The fourth-order valence-electron chi connectivity index (χ4n) is 8.27. The molecule has 11 heteroatoms. The van der Waals surface area contributed by atoms with Crippen molar-refractivity contribution in [1.82, 2.24) is 0 Å². The molecule has 0 aliphatic carbocycles. The molecule has 0 spiro atoms. The van der Waals surface area contributed by atoms with Crippen molar-refractivity contribution in [2.24, 2.45) is 0 Å². The summed E-state index contributed by atoms with van der Waals surface area (Å²) in [4.78, 5) is 13.9. The van der Waals surface area contributed by atoms with Gasteiger partial charge in [-0.05, 0) is 112 Å². The molecule has 336 valence electrons. The SMILES string of the molecule is CC(C)[Si](O[C@H](C)CCCC(C(/C=C/[C@H]1C[C@H](C/C=C\C=C\CO[Si](C)(C)C(C)(C)C)OC(C)(C)O1)OC(=O)c1ccccc1)S(=O)(=O)c1ccccc1)(C(C)C)C(C)C. The fraction of sp³-hybridized carbons (Fsp3) is 0.612. The molecule has 1 aliphatic rings. The van der Waals surface area contributed by atoms with E-state index in [-0.39, 0.29) is 28.6 Å². The van der Waals surface area contributed by atoms with Crippen LogP contribution in [0.3, 0.4) is 0 Å². The lowest BCUT2D eigenvalue weighted by Crippen LogP contribution is -2.49. The number of carbonyl (C=O) groups excluding carboxylic acids is 1. The standard InChI is InChI=1S/C49H78O8SSi2/c1-37(2)60(38(3)4,39(5)6)57-40(7)26-25-32-46(58(51,52)44-30-22-18-23-31-44)45(54-47(50)41-27-19-17-20-28-41)34-33-43-36-42(55-49(11,12)56-43)29-21-15-16-24-35-53-59(13,14)48(8,9)10/h15-24,27-28,30-31,33-34,37-40,42-43,45-46H,25-26,29,32,35-36H2,1-14H3/b21-15-,24-16+,34-33+/t40-,42+,43+,45?,46?/m1/s1. The van der Waals surface area contributed by atoms with Crippen molar-refractivity contribution in [3.63, 3.8) is 0 Å². The molecule has 0 saturated carbocycles. The zero-order chi connectivity index (χ0) is 44.9. The molecule has 0 aromatic heterocycles. The van der Waals surface area contributed by atoms with E-state index < -0.39 is 55.7 Å². The van der Waals surface area contributed by atoms with Gasteiger partial charge in [0.2, 0.25) is 8.32 Å². The van der Waals surface area contributed by atoms with Crippen molar-refractivity contribution in [3.05, 3.63) is 103 Å². The summed E-state index contributed by atoms with van der Waals surface area (Å²) in [6.45, 7) is 31.3. The number of hydrogen-bond acceptors (Lipinski definition) is 8. The Morgan fingerprint density at radius 3 is 1.98 bits per heavy atom. The maximum Gasteiger partial charge on any atom is 0.338 e. The number of hydrogen-bond donors (Lipinski definition) is 0. The summed E-state index contributed by atoms with van der Waals surface area (Å²) >= 11 is 0. The minimum absolute atomic E-state index is 0.0558. The summed E-state index contributed by atoms with van der Waals surface area (Å²) < 4.78 is 61.5. The van der Waals surface area contributed by atoms with Crippen LogP contribution >= 0.6 is 0 Å². The van der Waals surface area contributed by atoms with Crippen LogP contribution in [0.15, 0.2) is 102 Å². The van der Waals surface area contributed by atoms with Crippen molar-refractivity contribution >= 4 is 32.4 Å². The Hall–Kier alpha value is -2.65. The molecule has 1 heterocycles. The van der Waals surface area contributed by atoms with Crippen LogP contribution in [0.4, 0.5) is 0 Å². The van der Waals surface area contributed by atoms with Gasteiger partial charge in [-0.25, -0.2) is 13.2 Å². The van der Waals surface area contributed by atoms with Crippen LogP contribution < -0.4 is 0 Å². The maximum absolute atomic E-state index is 14.7. The second kappa shape index (κ2) is 22.6. The van der Waals surface area contributed by atoms with Crippen LogP contribution in [-0.4, -0.2) is 73.1 Å². The first kappa shape index (κ1) is 51.7. The van der Waals surface area contributed by atoms with Gasteiger partial charge < -0.3 is 23.1 Å². The first-order valence-corrected chi connectivity index (χ1v) is 28.7. The van der Waals surface area contributed by atoms with E-state index in [2.05, 4.69) is 88.4 Å². The third-order valence-corrected chi connectivity index (χ3v) is 25.3. The average molecular weight is 883 g/mol. The molecular weight excluding hydrogens is 805 g/mol. The van der Waals surface area contributed by atoms with Crippen molar-refractivity contribution in [2.75, 3.05) is 6.61 Å². The van der Waals surface area contributed by atoms with Crippen LogP contribution in [0.1, 0.15) is 126 Å². The summed E-state index contributed by atoms with van der Waals surface area (Å²) in [5, 5.41) is -0.899. The van der Waals surface area contributed by atoms with E-state index in [1.807, 2.05) is 44.2 Å². The number of ether oxygens (including phenoxy) is 3. The normalized spacial score (nSPS) is 19.8. The summed E-state index contributed by atoms with van der Waals surface area (Å²) in [6, 6.07) is 17.2. The van der Waals surface area contributed by atoms with Crippen molar-refractivity contribution < 1.29 is 36.3 Å². The molecular formula is C49H78O8SSi2. The molecule has 2 aromatic rings. The molecule has 1 fully saturated rings. The van der Waals surface area contributed by atoms with Crippen LogP contribution in [0, 0.1) is 0 Å². The first-order valence-electron chi connectivity index (χ1n) is 22.1. The number of sulfone groups is 1. The number of allylic oxidation sites excluding steroid dienone is 2. The highest BCUT2D eigenvalue weighted by molar-refractivity contribution is 7.92. The van der Waals surface area contributed by atoms with Gasteiger partial charge in [-0.15, -0.1) is 0 Å². The van der Waals surface area contributed by atoms with Gasteiger partial charge in [-0.3, -0.25) is 0 Å². The van der Waals surface area contributed by atoms with Crippen LogP contribution in [-0.2, 0) is 32.9 Å². The maximum atomic E-state index is 14.7. The lowest BCUT2D eigenvalue weighted by Gasteiger charge is -2.44. The Balaban J connectivity index is 1.90. The van der Waals surface area contributed by atoms with Gasteiger partial charge in [0.05, 0.1) is 29.3 Å². The average Bonchev–Trinajstić information content (AvgIpc) is 3.16. The van der Waals surface area contributed by atoms with E-state index in [0.717, 1.165) is 0 Å². The second-order valence-electron chi connectivity index (χ2n) is 19.4. The van der Waals surface area contributed by atoms with Crippen molar-refractivity contribution in [1.29, 1.82) is 0 Å². The zero-order valence-electron chi connectivity index (χ0n) is 39.3. The van der Waals surface area contributed by atoms with Gasteiger partial charge in [0.25, 0.3) is 0 Å². The Bertz CT molecular complexity index is 1770. The van der Waals surface area contributed by atoms with E-state index >= 15 is 0 Å². The summed E-state index contributed by atoms with van der Waals surface area (Å²) in [7, 11) is -7.94. The topological polar surface area (TPSA) is 97.4 Å². The molecule has 0 radical (unpaired) electrons. The molecule has 0 bridgehead atoms. The van der Waals surface area contributed by atoms with Gasteiger partial charge >= 0.3 is 5.97 Å². The van der Waals surface area contributed by atoms with Crippen molar-refractivity contribution in [3.8, 4) is 0 Å². The van der Waals surface area contributed by atoms with E-state index in [1.165, 1.54) is 0 Å². The predicted octanol–water partition coefficient (Wildman–Crippen LogP) is 12.8. The lowest BCUT2D eigenvalue weighted by atomic mass is 10.0. The molecule has 1 saturated heterocycles. The fourth-order valence-corrected chi connectivity index (χ4v) is 16.7. The Labute approximate surface area is 366 Å². The molecule has 5 atom stereocenters. The minimum Gasteiger partial charge on any atom is -0.453 e. The second-order valence-corrected chi connectivity index (χ2v) is 31.8. The number of carbonyl (C=O) groups is 1. The predicted molar refractivity (Wildman–Crippen MR) is 252 cm³/mol. The molecule has 8 nitrogen and oxygen atoms in total. The van der Waals surface area contributed by atoms with Gasteiger partial charge in [-0.2, -0.15) is 0 Å². The number of benzene rings is 2. The number of rotatable bonds is 22. The summed E-state index contributed by atoms with van der Waals surface area (Å²) in [5.74, 6) is -1.48. The minimum atomic E-state index is -3.97. The van der Waals surface area contributed by atoms with Gasteiger partial charge in [-0.1, -0.05) is 129 Å². The van der Waals surface area contributed by atoms with Crippen LogP contribution in [0.25, 0.3) is 0 Å². The highest BCUT2D eigenvalue weighted by atomic mass is 32.2. The van der Waals surface area contributed by atoms with Crippen LogP contribution in [0.5, 0.6) is 0 Å². The first-order chi connectivity index (χ1) is 27.9. The van der Waals surface area contributed by atoms with E-state index in [0.29, 0.717) is 54.5 Å². The third kappa shape index (κ3) is 14.7. The smallest absolute Gasteiger partial charge is 0.338 e. The largest absolute Gasteiger partial charge is 0.453 e.